The lowest BCUT2D eigenvalue weighted by Gasteiger charge is -2.43. The average Bonchev–Trinajstić information content (AvgIpc) is 2.95. The average molecular weight is 583 g/mol. The first-order chi connectivity index (χ1) is 19.7. The number of hydrogen-bond acceptors (Lipinski definition) is 6. The summed E-state index contributed by atoms with van der Waals surface area (Å²) in [5, 5.41) is 33.3. The number of carbonyl (C=O) groups excluding carboxylic acids is 1. The van der Waals surface area contributed by atoms with Gasteiger partial charge < -0.3 is 29.9 Å². The van der Waals surface area contributed by atoms with Crippen molar-refractivity contribution in [1.29, 1.82) is 0 Å². The van der Waals surface area contributed by atoms with Crippen LogP contribution in [0, 0.1) is 11.8 Å². The topological polar surface area (TPSA) is 111 Å². The van der Waals surface area contributed by atoms with E-state index >= 15 is 0 Å². The molecule has 2 heterocycles. The lowest BCUT2D eigenvalue weighted by Crippen LogP contribution is -2.44. The molecule has 9 heteroatoms. The molecule has 3 aliphatic rings. The highest BCUT2D eigenvalue weighted by molar-refractivity contribution is 6.30. The summed E-state index contributed by atoms with van der Waals surface area (Å²) in [5.41, 5.74) is 0.602. The van der Waals surface area contributed by atoms with Crippen LogP contribution in [0.1, 0.15) is 55.2 Å². The van der Waals surface area contributed by atoms with Gasteiger partial charge >= 0.3 is 5.97 Å². The van der Waals surface area contributed by atoms with Gasteiger partial charge in [-0.2, -0.15) is 0 Å². The van der Waals surface area contributed by atoms with Gasteiger partial charge in [0.15, 0.2) is 5.60 Å². The zero-order valence-electron chi connectivity index (χ0n) is 23.5. The molecule has 5 rings (SSSR count). The molecule has 0 radical (unpaired) electrons. The van der Waals surface area contributed by atoms with Crippen molar-refractivity contribution in [3.05, 3.63) is 70.3 Å². The van der Waals surface area contributed by atoms with E-state index in [9.17, 15) is 24.9 Å². The molecule has 4 atom stereocenters. The lowest BCUT2D eigenvalue weighted by atomic mass is 9.69. The summed E-state index contributed by atoms with van der Waals surface area (Å²) in [7, 11) is 1.58. The minimum Gasteiger partial charge on any atom is -0.487 e. The number of amides is 1. The van der Waals surface area contributed by atoms with Crippen LogP contribution in [0.2, 0.25) is 5.02 Å². The molecule has 2 bridgehead atoms. The van der Waals surface area contributed by atoms with Crippen molar-refractivity contribution in [3.8, 4) is 5.75 Å². The molecule has 1 amide bonds. The number of carboxylic acids is 1. The number of hydrogen-bond donors (Lipinski definition) is 3. The number of fused-ring (bicyclic) bond motifs is 3. The van der Waals surface area contributed by atoms with Crippen LogP contribution in [-0.2, 0) is 28.2 Å². The molecule has 3 N–H and O–H groups in total. The second kappa shape index (κ2) is 12.4. The standard InChI is InChI=1S/C32H39ClN2O6/c1-34-14-4-3-7-28(36)26-12-9-22(26)19-35-15-5-2-6-21-16-25(33)11-8-23(21)20-41-29-13-10-24(17-27(29)35)32(40,31(38)39)18-30(34)37/h3-4,8,10-11,13,16-17,22,26,28,36,40H,2,5-7,9,12,14-15,18-20H2,1H3,(H,38,39)/b4-3+/t22-,26+,28-,32-/m0/s1. The van der Waals surface area contributed by atoms with Crippen LogP contribution in [0.5, 0.6) is 5.75 Å². The number of carbonyl (C=O) groups is 2. The molecule has 0 aromatic heterocycles. The normalized spacial score (nSPS) is 28.3. The molecule has 1 fully saturated rings. The Morgan fingerprint density at radius 2 is 1.93 bits per heavy atom. The first kappa shape index (κ1) is 29.4. The molecule has 0 spiro atoms. The Kier molecular flexibility index (Phi) is 8.92. The predicted octanol–water partition coefficient (Wildman–Crippen LogP) is 4.53. The molecule has 0 unspecified atom stereocenters. The fourth-order valence-electron chi connectivity index (χ4n) is 6.21. The first-order valence-electron chi connectivity index (χ1n) is 14.5. The summed E-state index contributed by atoms with van der Waals surface area (Å²) in [6, 6.07) is 10.7. The Labute approximate surface area is 246 Å². The summed E-state index contributed by atoms with van der Waals surface area (Å²) in [6.07, 6.45) is 7.73. The number of carboxylic acid groups (broad SMARTS) is 1. The van der Waals surface area contributed by atoms with Crippen molar-refractivity contribution < 1.29 is 29.6 Å². The van der Waals surface area contributed by atoms with E-state index in [-0.39, 0.29) is 23.9 Å². The number of halogens is 1. The summed E-state index contributed by atoms with van der Waals surface area (Å²) in [4.78, 5) is 29.1. The molecule has 2 aromatic rings. The van der Waals surface area contributed by atoms with E-state index < -0.39 is 30.0 Å². The Balaban J connectivity index is 1.58. The number of likely N-dealkylation sites (N-methyl/N-ethyl adjacent to an activating group) is 1. The summed E-state index contributed by atoms with van der Waals surface area (Å²) in [6.45, 7) is 1.95. The first-order valence-corrected chi connectivity index (χ1v) is 14.9. The predicted molar refractivity (Wildman–Crippen MR) is 157 cm³/mol. The third-order valence-corrected chi connectivity index (χ3v) is 9.22. The summed E-state index contributed by atoms with van der Waals surface area (Å²) >= 11 is 6.29. The third-order valence-electron chi connectivity index (χ3n) is 8.99. The number of aliphatic hydroxyl groups excluding tert-OH is 1. The molecule has 0 saturated heterocycles. The van der Waals surface area contributed by atoms with Gasteiger partial charge in [-0.15, -0.1) is 0 Å². The lowest BCUT2D eigenvalue weighted by molar-refractivity contribution is -0.164. The van der Waals surface area contributed by atoms with Crippen LogP contribution in [0.4, 0.5) is 5.69 Å². The maximum absolute atomic E-state index is 13.0. The highest BCUT2D eigenvalue weighted by atomic mass is 35.5. The third kappa shape index (κ3) is 6.40. The van der Waals surface area contributed by atoms with E-state index in [2.05, 4.69) is 4.90 Å². The number of nitrogens with zero attached hydrogens (tertiary/aromatic N) is 2. The number of aryl methyl sites for hydroxylation is 1. The van der Waals surface area contributed by atoms with Crippen LogP contribution in [0.15, 0.2) is 48.6 Å². The van der Waals surface area contributed by atoms with E-state index in [1.807, 2.05) is 30.4 Å². The zero-order chi connectivity index (χ0) is 29.1. The molecule has 41 heavy (non-hydrogen) atoms. The van der Waals surface area contributed by atoms with Gasteiger partial charge in [-0.05, 0) is 91.3 Å². The molecular weight excluding hydrogens is 544 g/mol. The van der Waals surface area contributed by atoms with Gasteiger partial charge in [0, 0.05) is 31.7 Å². The number of rotatable bonds is 1. The van der Waals surface area contributed by atoms with Crippen LogP contribution in [0.3, 0.4) is 0 Å². The number of aliphatic hydroxyl groups is 2. The number of anilines is 1. The van der Waals surface area contributed by atoms with Crippen molar-refractivity contribution in [2.75, 3.05) is 31.6 Å². The van der Waals surface area contributed by atoms with Gasteiger partial charge in [-0.1, -0.05) is 35.9 Å². The van der Waals surface area contributed by atoms with Gasteiger partial charge in [0.05, 0.1) is 18.2 Å². The summed E-state index contributed by atoms with van der Waals surface area (Å²) in [5.74, 6) is -0.973. The monoisotopic (exact) mass is 582 g/mol. The van der Waals surface area contributed by atoms with Gasteiger partial charge in [0.2, 0.25) is 5.91 Å². The van der Waals surface area contributed by atoms with Crippen LogP contribution < -0.4 is 9.64 Å². The quantitative estimate of drug-likeness (QED) is 0.424. The van der Waals surface area contributed by atoms with E-state index in [1.54, 1.807) is 25.2 Å². The Bertz CT molecular complexity index is 1320. The molecule has 220 valence electrons. The second-order valence-corrected chi connectivity index (χ2v) is 12.1. The van der Waals surface area contributed by atoms with Crippen molar-refractivity contribution in [2.24, 2.45) is 11.8 Å². The molecule has 2 aliphatic heterocycles. The minimum atomic E-state index is -2.41. The van der Waals surface area contributed by atoms with Gasteiger partial charge in [0.25, 0.3) is 0 Å². The van der Waals surface area contributed by atoms with Crippen LogP contribution in [0.25, 0.3) is 0 Å². The molecule has 1 aliphatic carbocycles. The van der Waals surface area contributed by atoms with Gasteiger partial charge in [-0.3, -0.25) is 4.79 Å². The molecule has 2 aromatic carbocycles. The Morgan fingerprint density at radius 3 is 2.68 bits per heavy atom. The molecule has 8 nitrogen and oxygen atoms in total. The summed E-state index contributed by atoms with van der Waals surface area (Å²) < 4.78 is 6.37. The Hall–Kier alpha value is -3.07. The van der Waals surface area contributed by atoms with E-state index in [0.717, 1.165) is 43.2 Å². The zero-order valence-corrected chi connectivity index (χ0v) is 24.2. The van der Waals surface area contributed by atoms with E-state index in [4.69, 9.17) is 16.3 Å². The van der Waals surface area contributed by atoms with Crippen molar-refractivity contribution in [3.63, 3.8) is 0 Å². The molecular formula is C32H39ClN2O6. The van der Waals surface area contributed by atoms with Crippen molar-refractivity contribution in [1.82, 2.24) is 4.90 Å². The highest BCUT2D eigenvalue weighted by Crippen LogP contribution is 2.42. The molecule has 1 saturated carbocycles. The number of aliphatic carboxylic acids is 1. The number of benzene rings is 2. The maximum Gasteiger partial charge on any atom is 0.340 e. The SMILES string of the molecule is CN1C/C=C/C[C@H](O)[C@@H]2CC[C@H]2CN2CCCCc3cc(Cl)ccc3COc3ccc(cc32)[C@](O)(C(=O)O)CC1=O. The number of ether oxygens (including phenoxy) is 1. The van der Waals surface area contributed by atoms with Crippen molar-refractivity contribution >= 4 is 29.2 Å². The van der Waals surface area contributed by atoms with E-state index in [0.29, 0.717) is 42.6 Å². The van der Waals surface area contributed by atoms with Crippen LogP contribution in [-0.4, -0.2) is 64.9 Å². The van der Waals surface area contributed by atoms with Crippen LogP contribution >= 0.6 is 11.6 Å². The van der Waals surface area contributed by atoms with Gasteiger partial charge in [-0.25, -0.2) is 4.79 Å². The maximum atomic E-state index is 13.0. The fourth-order valence-corrected chi connectivity index (χ4v) is 6.40. The largest absolute Gasteiger partial charge is 0.487 e. The van der Waals surface area contributed by atoms with E-state index in [1.165, 1.54) is 4.90 Å². The van der Waals surface area contributed by atoms with Crippen molar-refractivity contribution in [2.45, 2.75) is 63.3 Å². The smallest absolute Gasteiger partial charge is 0.340 e. The Morgan fingerprint density at radius 1 is 1.10 bits per heavy atom. The second-order valence-electron chi connectivity index (χ2n) is 11.7. The minimum absolute atomic E-state index is 0.133. The fraction of sp³-hybridized carbons (Fsp3) is 0.500. The highest BCUT2D eigenvalue weighted by Gasteiger charge is 2.42. The van der Waals surface area contributed by atoms with Gasteiger partial charge in [0.1, 0.15) is 12.4 Å².